The molecule has 10 heteroatoms. The zero-order chi connectivity index (χ0) is 20.1. The van der Waals surface area contributed by atoms with E-state index in [1.165, 1.54) is 0 Å². The Hall–Kier alpha value is -2.91. The highest BCUT2D eigenvalue weighted by molar-refractivity contribution is 5.93. The molecule has 0 bridgehead atoms. The van der Waals surface area contributed by atoms with Crippen LogP contribution in [0.25, 0.3) is 0 Å². The molecule has 3 amide bonds. The average molecular weight is 390 g/mol. The number of carbonyl (C=O) groups excluding carboxylic acids is 3. The van der Waals surface area contributed by atoms with E-state index in [-0.39, 0.29) is 12.0 Å². The van der Waals surface area contributed by atoms with Crippen molar-refractivity contribution in [1.82, 2.24) is 24.7 Å². The molecule has 0 aliphatic carbocycles. The van der Waals surface area contributed by atoms with Crippen LogP contribution >= 0.6 is 0 Å². The number of ether oxygens (including phenoxy) is 1. The van der Waals surface area contributed by atoms with Gasteiger partial charge in [0.2, 0.25) is 6.41 Å². The van der Waals surface area contributed by atoms with Crippen molar-refractivity contribution in [1.29, 1.82) is 0 Å². The summed E-state index contributed by atoms with van der Waals surface area (Å²) < 4.78 is 5.04. The monoisotopic (exact) mass is 390 g/mol. The first-order valence-corrected chi connectivity index (χ1v) is 9.52. The van der Waals surface area contributed by atoms with E-state index in [0.29, 0.717) is 76.3 Å². The molecule has 2 fully saturated rings. The Balaban J connectivity index is 1.66. The van der Waals surface area contributed by atoms with Crippen molar-refractivity contribution >= 4 is 24.2 Å². The number of hydrogen-bond donors (Lipinski definition) is 0. The zero-order valence-electron chi connectivity index (χ0n) is 16.3. The van der Waals surface area contributed by atoms with Crippen molar-refractivity contribution in [3.63, 3.8) is 0 Å². The van der Waals surface area contributed by atoms with Crippen LogP contribution in [0.5, 0.6) is 0 Å². The van der Waals surface area contributed by atoms with Gasteiger partial charge in [-0.2, -0.15) is 0 Å². The lowest BCUT2D eigenvalue weighted by Gasteiger charge is -2.35. The number of nitrogens with zero attached hydrogens (tertiary/aromatic N) is 6. The molecule has 2 aliphatic heterocycles. The number of anilines is 1. The van der Waals surface area contributed by atoms with Gasteiger partial charge in [0.15, 0.2) is 0 Å². The van der Waals surface area contributed by atoms with Gasteiger partial charge in [0, 0.05) is 58.4 Å². The Morgan fingerprint density at radius 2 is 1.68 bits per heavy atom. The Morgan fingerprint density at radius 3 is 2.29 bits per heavy atom. The van der Waals surface area contributed by atoms with Gasteiger partial charge in [-0.3, -0.25) is 9.59 Å². The minimum atomic E-state index is -0.300. The molecular weight excluding hydrogens is 364 g/mol. The molecule has 0 aromatic carbocycles. The van der Waals surface area contributed by atoms with Crippen LogP contribution in [0.15, 0.2) is 6.07 Å². The Labute approximate surface area is 164 Å². The third-order valence-electron chi connectivity index (χ3n) is 4.92. The summed E-state index contributed by atoms with van der Waals surface area (Å²) in [6.45, 7) is 8.26. The third-order valence-corrected chi connectivity index (χ3v) is 4.92. The summed E-state index contributed by atoms with van der Waals surface area (Å²) in [5.41, 5.74) is 0.356. The minimum Gasteiger partial charge on any atom is -0.450 e. The maximum absolute atomic E-state index is 12.8. The fraction of sp³-hybridized carbons (Fsp3) is 0.611. The molecule has 0 atom stereocenters. The molecule has 3 heterocycles. The number of hydrogen-bond acceptors (Lipinski definition) is 7. The predicted octanol–water partition coefficient (Wildman–Crippen LogP) is -0.0223. The normalized spacial score (nSPS) is 17.5. The SMILES string of the molecule is CCOC(=O)N1CCN(c2cc(C(=O)N3CCN(C=O)CC3)nc(C)n2)CC1. The van der Waals surface area contributed by atoms with Gasteiger partial charge in [0.1, 0.15) is 17.3 Å². The average Bonchev–Trinajstić information content (AvgIpc) is 2.73. The van der Waals surface area contributed by atoms with Gasteiger partial charge in [-0.25, -0.2) is 14.8 Å². The second kappa shape index (κ2) is 8.85. The molecule has 3 rings (SSSR count). The maximum atomic E-state index is 12.8. The van der Waals surface area contributed by atoms with E-state index in [1.807, 2.05) is 4.90 Å². The first-order chi connectivity index (χ1) is 13.5. The number of piperazine rings is 2. The van der Waals surface area contributed by atoms with E-state index in [9.17, 15) is 14.4 Å². The zero-order valence-corrected chi connectivity index (χ0v) is 16.3. The standard InChI is InChI=1S/C18H26N6O4/c1-3-28-18(27)24-10-8-22(9-11-24)16-12-15(19-14(2)20-16)17(26)23-6-4-21(13-25)5-7-23/h12-13H,3-11H2,1-2H3. The maximum Gasteiger partial charge on any atom is 0.409 e. The van der Waals surface area contributed by atoms with E-state index >= 15 is 0 Å². The number of aryl methyl sites for hydroxylation is 1. The van der Waals surface area contributed by atoms with E-state index < -0.39 is 0 Å². The van der Waals surface area contributed by atoms with Gasteiger partial charge in [-0.1, -0.05) is 0 Å². The number of aromatic nitrogens is 2. The van der Waals surface area contributed by atoms with Crippen molar-refractivity contribution in [2.24, 2.45) is 0 Å². The van der Waals surface area contributed by atoms with Crippen LogP contribution < -0.4 is 4.90 Å². The molecule has 0 unspecified atom stereocenters. The molecule has 2 aliphatic rings. The highest BCUT2D eigenvalue weighted by atomic mass is 16.6. The van der Waals surface area contributed by atoms with Gasteiger partial charge in [-0.15, -0.1) is 0 Å². The Bertz CT molecular complexity index is 727. The first kappa shape index (κ1) is 19.8. The number of carbonyl (C=O) groups is 3. The lowest BCUT2D eigenvalue weighted by atomic mass is 10.2. The molecule has 0 radical (unpaired) electrons. The van der Waals surface area contributed by atoms with Gasteiger partial charge >= 0.3 is 6.09 Å². The fourth-order valence-corrected chi connectivity index (χ4v) is 3.35. The minimum absolute atomic E-state index is 0.151. The van der Waals surface area contributed by atoms with Crippen LogP contribution in [-0.2, 0) is 9.53 Å². The lowest BCUT2D eigenvalue weighted by molar-refractivity contribution is -0.119. The van der Waals surface area contributed by atoms with Crippen LogP contribution in [0.2, 0.25) is 0 Å². The van der Waals surface area contributed by atoms with Crippen molar-refractivity contribution in [3.05, 3.63) is 17.6 Å². The van der Waals surface area contributed by atoms with Crippen LogP contribution in [-0.4, -0.2) is 102 Å². The summed E-state index contributed by atoms with van der Waals surface area (Å²) in [5, 5.41) is 0. The quantitative estimate of drug-likeness (QED) is 0.666. The van der Waals surface area contributed by atoms with Gasteiger partial charge in [0.25, 0.3) is 5.91 Å². The summed E-state index contributed by atoms with van der Waals surface area (Å²) in [7, 11) is 0. The number of rotatable bonds is 4. The van der Waals surface area contributed by atoms with Crippen molar-refractivity contribution in [3.8, 4) is 0 Å². The second-order valence-corrected chi connectivity index (χ2v) is 6.77. The van der Waals surface area contributed by atoms with E-state index in [4.69, 9.17) is 4.74 Å². The molecule has 28 heavy (non-hydrogen) atoms. The summed E-state index contributed by atoms with van der Waals surface area (Å²) >= 11 is 0. The highest BCUT2D eigenvalue weighted by Crippen LogP contribution is 2.17. The highest BCUT2D eigenvalue weighted by Gasteiger charge is 2.26. The molecule has 0 spiro atoms. The van der Waals surface area contributed by atoms with Crippen LogP contribution in [0.1, 0.15) is 23.2 Å². The second-order valence-electron chi connectivity index (χ2n) is 6.77. The Kier molecular flexibility index (Phi) is 6.27. The molecule has 152 valence electrons. The van der Waals surface area contributed by atoms with Crippen molar-refractivity contribution in [2.45, 2.75) is 13.8 Å². The third kappa shape index (κ3) is 4.49. The van der Waals surface area contributed by atoms with Crippen molar-refractivity contribution < 1.29 is 19.1 Å². The topological polar surface area (TPSA) is 99.2 Å². The van der Waals surface area contributed by atoms with Gasteiger partial charge in [0.05, 0.1) is 6.61 Å². The largest absolute Gasteiger partial charge is 0.450 e. The van der Waals surface area contributed by atoms with Gasteiger partial charge < -0.3 is 24.3 Å². The number of amides is 3. The van der Waals surface area contributed by atoms with E-state index in [1.54, 1.807) is 34.6 Å². The molecule has 0 N–H and O–H groups in total. The van der Waals surface area contributed by atoms with E-state index in [2.05, 4.69) is 9.97 Å². The summed E-state index contributed by atoms with van der Waals surface area (Å²) in [6, 6.07) is 1.71. The molecular formula is C18H26N6O4. The first-order valence-electron chi connectivity index (χ1n) is 9.52. The summed E-state index contributed by atoms with van der Waals surface area (Å²) in [5.74, 6) is 1.06. The molecule has 1 aromatic rings. The van der Waals surface area contributed by atoms with E-state index in [0.717, 1.165) is 6.41 Å². The molecule has 10 nitrogen and oxygen atoms in total. The summed E-state index contributed by atoms with van der Waals surface area (Å²) in [4.78, 5) is 51.4. The molecule has 0 saturated carbocycles. The Morgan fingerprint density at radius 1 is 1.04 bits per heavy atom. The molecule has 1 aromatic heterocycles. The molecule has 2 saturated heterocycles. The smallest absolute Gasteiger partial charge is 0.409 e. The van der Waals surface area contributed by atoms with Crippen LogP contribution in [0, 0.1) is 6.92 Å². The van der Waals surface area contributed by atoms with Crippen LogP contribution in [0.3, 0.4) is 0 Å². The predicted molar refractivity (Wildman–Crippen MR) is 101 cm³/mol. The van der Waals surface area contributed by atoms with Crippen molar-refractivity contribution in [2.75, 3.05) is 63.9 Å². The lowest BCUT2D eigenvalue weighted by Crippen LogP contribution is -2.49. The fourth-order valence-electron chi connectivity index (χ4n) is 3.35. The van der Waals surface area contributed by atoms with Crippen LogP contribution in [0.4, 0.5) is 10.6 Å². The van der Waals surface area contributed by atoms with Gasteiger partial charge in [-0.05, 0) is 13.8 Å². The summed E-state index contributed by atoms with van der Waals surface area (Å²) in [6.07, 6.45) is 0.511.